The van der Waals surface area contributed by atoms with Crippen molar-refractivity contribution in [2.75, 3.05) is 31.1 Å². The van der Waals surface area contributed by atoms with Crippen LogP contribution in [0.3, 0.4) is 0 Å². The molecule has 0 bridgehead atoms. The van der Waals surface area contributed by atoms with Crippen LogP contribution in [-0.4, -0.2) is 48.0 Å². The fraction of sp³-hybridized carbons (Fsp3) is 0.625. The number of nitrogens with zero attached hydrogens (tertiary/aromatic N) is 3. The molecule has 0 aliphatic carbocycles. The Labute approximate surface area is 127 Å². The molecule has 21 heavy (non-hydrogen) atoms. The Balaban J connectivity index is 2.09. The maximum atomic E-state index is 12.5. The van der Waals surface area contributed by atoms with E-state index in [4.69, 9.17) is 5.73 Å². The highest BCUT2D eigenvalue weighted by Gasteiger charge is 2.28. The predicted molar refractivity (Wildman–Crippen MR) is 85.5 cm³/mol. The minimum atomic E-state index is 0.0561. The fourth-order valence-corrected chi connectivity index (χ4v) is 2.92. The summed E-state index contributed by atoms with van der Waals surface area (Å²) in [5.41, 5.74) is 6.40. The van der Waals surface area contributed by atoms with Crippen LogP contribution in [0.4, 0.5) is 5.82 Å². The molecule has 1 unspecified atom stereocenters. The Hall–Kier alpha value is -1.62. The van der Waals surface area contributed by atoms with E-state index in [9.17, 15) is 4.79 Å². The summed E-state index contributed by atoms with van der Waals surface area (Å²) in [6, 6.07) is 4.01. The molecule has 0 radical (unpaired) electrons. The van der Waals surface area contributed by atoms with E-state index in [0.717, 1.165) is 44.7 Å². The summed E-state index contributed by atoms with van der Waals surface area (Å²) in [7, 11) is 0. The van der Waals surface area contributed by atoms with Crippen molar-refractivity contribution in [2.24, 2.45) is 5.73 Å². The molecule has 0 spiro atoms. The van der Waals surface area contributed by atoms with E-state index in [2.05, 4.69) is 23.7 Å². The molecule has 5 nitrogen and oxygen atoms in total. The largest absolute Gasteiger partial charge is 0.357 e. The van der Waals surface area contributed by atoms with Crippen molar-refractivity contribution >= 4 is 11.7 Å². The van der Waals surface area contributed by atoms with Gasteiger partial charge in [-0.2, -0.15) is 0 Å². The second-order valence-corrected chi connectivity index (χ2v) is 5.52. The fourth-order valence-electron chi connectivity index (χ4n) is 2.92. The third kappa shape index (κ3) is 3.53. The molecule has 1 aliphatic rings. The Morgan fingerprint density at radius 1 is 1.48 bits per heavy atom. The predicted octanol–water partition coefficient (Wildman–Crippen LogP) is 1.88. The minimum Gasteiger partial charge on any atom is -0.357 e. The van der Waals surface area contributed by atoms with Gasteiger partial charge in [0.15, 0.2) is 0 Å². The number of carbonyl (C=O) groups is 1. The van der Waals surface area contributed by atoms with Gasteiger partial charge in [-0.05, 0) is 38.3 Å². The number of likely N-dealkylation sites (tertiary alicyclic amines) is 1. The second kappa shape index (κ2) is 7.41. The quantitative estimate of drug-likeness (QED) is 0.869. The lowest BCUT2D eigenvalue weighted by atomic mass is 10.2. The van der Waals surface area contributed by atoms with Crippen molar-refractivity contribution in [3.8, 4) is 0 Å². The molecule has 1 fully saturated rings. The highest BCUT2D eigenvalue weighted by molar-refractivity contribution is 5.94. The molecule has 5 heteroatoms. The van der Waals surface area contributed by atoms with Crippen LogP contribution in [0.15, 0.2) is 18.3 Å². The lowest BCUT2D eigenvalue weighted by molar-refractivity contribution is 0.0741. The van der Waals surface area contributed by atoms with Gasteiger partial charge in [-0.3, -0.25) is 4.79 Å². The second-order valence-electron chi connectivity index (χ2n) is 5.52. The monoisotopic (exact) mass is 290 g/mol. The van der Waals surface area contributed by atoms with E-state index in [0.29, 0.717) is 12.1 Å². The van der Waals surface area contributed by atoms with Gasteiger partial charge in [-0.1, -0.05) is 6.92 Å². The van der Waals surface area contributed by atoms with Gasteiger partial charge < -0.3 is 15.5 Å². The molecular formula is C16H26N4O. The van der Waals surface area contributed by atoms with E-state index in [1.54, 1.807) is 6.20 Å². The average molecular weight is 290 g/mol. The number of hydrogen-bond donors (Lipinski definition) is 1. The summed E-state index contributed by atoms with van der Waals surface area (Å²) < 4.78 is 0. The molecule has 0 aromatic carbocycles. The van der Waals surface area contributed by atoms with E-state index < -0.39 is 0 Å². The van der Waals surface area contributed by atoms with Gasteiger partial charge in [0.05, 0.1) is 5.56 Å². The number of carbonyl (C=O) groups excluding carboxylic acids is 1. The number of anilines is 1. The molecule has 2 rings (SSSR count). The molecule has 1 saturated heterocycles. The topological polar surface area (TPSA) is 62.5 Å². The summed E-state index contributed by atoms with van der Waals surface area (Å²) >= 11 is 0. The van der Waals surface area contributed by atoms with Crippen LogP contribution < -0.4 is 10.6 Å². The smallest absolute Gasteiger partial charge is 0.255 e. The van der Waals surface area contributed by atoms with Crippen LogP contribution >= 0.6 is 0 Å². The zero-order chi connectivity index (χ0) is 15.2. The molecule has 2 N–H and O–H groups in total. The van der Waals surface area contributed by atoms with Gasteiger partial charge in [-0.15, -0.1) is 0 Å². The maximum Gasteiger partial charge on any atom is 0.255 e. The van der Waals surface area contributed by atoms with Gasteiger partial charge in [0.25, 0.3) is 5.91 Å². The van der Waals surface area contributed by atoms with Crippen LogP contribution in [0, 0.1) is 0 Å². The molecule has 1 aliphatic heterocycles. The van der Waals surface area contributed by atoms with E-state index in [-0.39, 0.29) is 11.9 Å². The van der Waals surface area contributed by atoms with E-state index >= 15 is 0 Å². The number of hydrogen-bond acceptors (Lipinski definition) is 4. The standard InChI is InChI=1S/C16H26N4O/c1-3-9-19(4-2)15-8-7-13(12-18-15)16(21)20-10-5-6-14(20)11-17/h7-8,12,14H,3-6,9-11,17H2,1-2H3. The first-order valence-electron chi connectivity index (χ1n) is 7.93. The molecule has 1 amide bonds. The van der Waals surface area contributed by atoms with E-state index in [1.807, 2.05) is 17.0 Å². The first kappa shape index (κ1) is 15.8. The van der Waals surface area contributed by atoms with Gasteiger partial charge in [0, 0.05) is 38.4 Å². The zero-order valence-corrected chi connectivity index (χ0v) is 13.1. The Bertz CT molecular complexity index is 460. The first-order chi connectivity index (χ1) is 10.2. The first-order valence-corrected chi connectivity index (χ1v) is 7.93. The van der Waals surface area contributed by atoms with Gasteiger partial charge in [0.2, 0.25) is 0 Å². The number of nitrogens with two attached hydrogens (primary N) is 1. The lowest BCUT2D eigenvalue weighted by Crippen LogP contribution is -2.40. The Morgan fingerprint density at radius 2 is 2.29 bits per heavy atom. The zero-order valence-electron chi connectivity index (χ0n) is 13.1. The van der Waals surface area contributed by atoms with Crippen LogP contribution in [0.25, 0.3) is 0 Å². The Morgan fingerprint density at radius 3 is 2.86 bits per heavy atom. The van der Waals surface area contributed by atoms with E-state index in [1.165, 1.54) is 0 Å². The Kier molecular flexibility index (Phi) is 5.56. The van der Waals surface area contributed by atoms with Crippen LogP contribution in [0.2, 0.25) is 0 Å². The maximum absolute atomic E-state index is 12.5. The van der Waals surface area contributed by atoms with Crippen molar-refractivity contribution in [3.63, 3.8) is 0 Å². The number of amides is 1. The summed E-state index contributed by atoms with van der Waals surface area (Å²) in [6.07, 6.45) is 4.83. The minimum absolute atomic E-state index is 0.0561. The summed E-state index contributed by atoms with van der Waals surface area (Å²) in [5, 5.41) is 0. The SMILES string of the molecule is CCCN(CC)c1ccc(C(=O)N2CCCC2CN)cn1. The van der Waals surface area contributed by atoms with Crippen molar-refractivity contribution in [1.29, 1.82) is 0 Å². The average Bonchev–Trinajstić information content (AvgIpc) is 3.00. The molecule has 2 heterocycles. The number of aromatic nitrogens is 1. The summed E-state index contributed by atoms with van der Waals surface area (Å²) in [6.45, 7) is 7.53. The normalized spacial score (nSPS) is 18.0. The van der Waals surface area contributed by atoms with Crippen molar-refractivity contribution in [3.05, 3.63) is 23.9 Å². The number of pyridine rings is 1. The molecular weight excluding hydrogens is 264 g/mol. The summed E-state index contributed by atoms with van der Waals surface area (Å²) in [5.74, 6) is 0.994. The van der Waals surface area contributed by atoms with Crippen LogP contribution in [0.1, 0.15) is 43.5 Å². The van der Waals surface area contributed by atoms with Gasteiger partial charge in [-0.25, -0.2) is 4.98 Å². The van der Waals surface area contributed by atoms with Gasteiger partial charge in [0.1, 0.15) is 5.82 Å². The lowest BCUT2D eigenvalue weighted by Gasteiger charge is -2.24. The van der Waals surface area contributed by atoms with Gasteiger partial charge >= 0.3 is 0 Å². The third-order valence-electron chi connectivity index (χ3n) is 4.10. The van der Waals surface area contributed by atoms with Crippen LogP contribution in [-0.2, 0) is 0 Å². The molecule has 0 saturated carbocycles. The third-order valence-corrected chi connectivity index (χ3v) is 4.10. The highest BCUT2D eigenvalue weighted by Crippen LogP contribution is 2.20. The number of rotatable bonds is 6. The van der Waals surface area contributed by atoms with Crippen LogP contribution in [0.5, 0.6) is 0 Å². The highest BCUT2D eigenvalue weighted by atomic mass is 16.2. The molecule has 1 atom stereocenters. The summed E-state index contributed by atoms with van der Waals surface area (Å²) in [4.78, 5) is 21.1. The molecule has 1 aromatic heterocycles. The van der Waals surface area contributed by atoms with Crippen molar-refractivity contribution in [2.45, 2.75) is 39.2 Å². The molecule has 1 aromatic rings. The van der Waals surface area contributed by atoms with Crippen molar-refractivity contribution in [1.82, 2.24) is 9.88 Å². The van der Waals surface area contributed by atoms with Crippen molar-refractivity contribution < 1.29 is 4.79 Å². The molecule has 116 valence electrons.